The molecule has 1 fully saturated rings. The van der Waals surface area contributed by atoms with Crippen LogP contribution in [0.15, 0.2) is 30.3 Å². The van der Waals surface area contributed by atoms with Gasteiger partial charge in [0, 0.05) is 42.1 Å². The van der Waals surface area contributed by atoms with E-state index in [4.69, 9.17) is 0 Å². The fourth-order valence-corrected chi connectivity index (χ4v) is 3.44. The molecular formula is C15H21NOS. The van der Waals surface area contributed by atoms with E-state index in [0.717, 1.165) is 18.7 Å². The highest BCUT2D eigenvalue weighted by Gasteiger charge is 2.23. The number of Topliss-reactive ketones (excluding diaryl/α,β-unsaturated/α-hetero) is 1. The van der Waals surface area contributed by atoms with E-state index in [0.29, 0.717) is 6.04 Å². The minimum absolute atomic E-state index is 0.0814. The van der Waals surface area contributed by atoms with Gasteiger partial charge in [-0.15, -0.1) is 0 Å². The molecule has 98 valence electrons. The van der Waals surface area contributed by atoms with Gasteiger partial charge < -0.3 is 0 Å². The third kappa shape index (κ3) is 3.36. The maximum Gasteiger partial charge on any atom is 0.166 e. The van der Waals surface area contributed by atoms with Crippen LogP contribution in [-0.4, -0.2) is 41.3 Å². The van der Waals surface area contributed by atoms with Crippen molar-refractivity contribution in [1.82, 2.24) is 4.90 Å². The Morgan fingerprint density at radius 2 is 2.17 bits per heavy atom. The van der Waals surface area contributed by atoms with Crippen molar-refractivity contribution >= 4 is 17.5 Å². The second-order valence-electron chi connectivity index (χ2n) is 5.05. The number of nitrogens with zero attached hydrogens (tertiary/aromatic N) is 1. The Labute approximate surface area is 114 Å². The fraction of sp³-hybridized carbons (Fsp3) is 0.533. The van der Waals surface area contributed by atoms with E-state index < -0.39 is 0 Å². The molecule has 1 aromatic carbocycles. The Balaban J connectivity index is 1.95. The Morgan fingerprint density at radius 1 is 1.44 bits per heavy atom. The Bertz CT molecular complexity index is 393. The summed E-state index contributed by atoms with van der Waals surface area (Å²) >= 11 is 2.01. The van der Waals surface area contributed by atoms with Crippen LogP contribution < -0.4 is 0 Å². The summed E-state index contributed by atoms with van der Waals surface area (Å²) in [4.78, 5) is 14.7. The highest BCUT2D eigenvalue weighted by atomic mass is 32.2. The summed E-state index contributed by atoms with van der Waals surface area (Å²) in [6.07, 6.45) is 0. The summed E-state index contributed by atoms with van der Waals surface area (Å²) in [7, 11) is 0. The van der Waals surface area contributed by atoms with Gasteiger partial charge in [0.05, 0.1) is 0 Å². The van der Waals surface area contributed by atoms with Gasteiger partial charge in [-0.25, -0.2) is 0 Å². The lowest BCUT2D eigenvalue weighted by molar-refractivity contribution is 0.0881. The minimum Gasteiger partial charge on any atom is -0.298 e. The lowest BCUT2D eigenvalue weighted by Gasteiger charge is -2.34. The molecule has 18 heavy (non-hydrogen) atoms. The van der Waals surface area contributed by atoms with E-state index in [2.05, 4.69) is 11.8 Å². The molecule has 1 aromatic rings. The molecule has 0 amide bonds. The van der Waals surface area contributed by atoms with Crippen molar-refractivity contribution in [2.45, 2.75) is 19.9 Å². The normalized spacial score (nSPS) is 22.7. The first kappa shape index (κ1) is 13.6. The lowest BCUT2D eigenvalue weighted by Crippen LogP contribution is -2.43. The van der Waals surface area contributed by atoms with Crippen LogP contribution in [0.25, 0.3) is 0 Å². The second-order valence-corrected chi connectivity index (χ2v) is 6.20. The highest BCUT2D eigenvalue weighted by molar-refractivity contribution is 7.99. The zero-order valence-corrected chi connectivity index (χ0v) is 12.0. The molecule has 3 heteroatoms. The van der Waals surface area contributed by atoms with Crippen LogP contribution in [0.1, 0.15) is 24.2 Å². The van der Waals surface area contributed by atoms with Crippen molar-refractivity contribution < 1.29 is 4.79 Å². The summed E-state index contributed by atoms with van der Waals surface area (Å²) in [5.74, 6) is 2.72. The molecule has 0 N–H and O–H groups in total. The van der Waals surface area contributed by atoms with Crippen LogP contribution in [0.3, 0.4) is 0 Å². The largest absolute Gasteiger partial charge is 0.298 e. The molecule has 2 atom stereocenters. The van der Waals surface area contributed by atoms with Crippen molar-refractivity contribution in [2.75, 3.05) is 24.6 Å². The van der Waals surface area contributed by atoms with E-state index in [1.54, 1.807) is 0 Å². The minimum atomic E-state index is 0.0814. The van der Waals surface area contributed by atoms with Gasteiger partial charge in [0.1, 0.15) is 0 Å². The molecule has 2 unspecified atom stereocenters. The van der Waals surface area contributed by atoms with Gasteiger partial charge in [0.2, 0.25) is 0 Å². The maximum absolute atomic E-state index is 12.3. The quantitative estimate of drug-likeness (QED) is 0.779. The van der Waals surface area contributed by atoms with Crippen molar-refractivity contribution in [3.63, 3.8) is 0 Å². The zero-order chi connectivity index (χ0) is 13.0. The van der Waals surface area contributed by atoms with Crippen molar-refractivity contribution in [1.29, 1.82) is 0 Å². The molecule has 0 bridgehead atoms. The number of hydrogen-bond donors (Lipinski definition) is 0. The van der Waals surface area contributed by atoms with E-state index >= 15 is 0 Å². The summed E-state index contributed by atoms with van der Waals surface area (Å²) in [6, 6.07) is 10.2. The van der Waals surface area contributed by atoms with Gasteiger partial charge >= 0.3 is 0 Å². The molecule has 1 heterocycles. The molecule has 0 saturated carbocycles. The number of carbonyl (C=O) groups excluding carboxylic acids is 1. The van der Waals surface area contributed by atoms with Crippen LogP contribution in [0, 0.1) is 5.92 Å². The molecule has 0 aromatic heterocycles. The van der Waals surface area contributed by atoms with Gasteiger partial charge in [-0.1, -0.05) is 37.3 Å². The van der Waals surface area contributed by atoms with Crippen molar-refractivity contribution in [3.8, 4) is 0 Å². The van der Waals surface area contributed by atoms with Crippen LogP contribution in [-0.2, 0) is 0 Å². The summed E-state index contributed by atoms with van der Waals surface area (Å²) in [6.45, 7) is 6.30. The highest BCUT2D eigenvalue weighted by Crippen LogP contribution is 2.18. The van der Waals surface area contributed by atoms with Crippen molar-refractivity contribution in [2.24, 2.45) is 5.92 Å². The molecule has 1 saturated heterocycles. The third-order valence-electron chi connectivity index (χ3n) is 3.52. The third-order valence-corrected chi connectivity index (χ3v) is 4.71. The van der Waals surface area contributed by atoms with E-state index in [1.165, 1.54) is 11.5 Å². The monoisotopic (exact) mass is 263 g/mol. The Hall–Kier alpha value is -0.800. The maximum atomic E-state index is 12.3. The van der Waals surface area contributed by atoms with Gasteiger partial charge in [-0.3, -0.25) is 9.69 Å². The smallest absolute Gasteiger partial charge is 0.166 e. The average Bonchev–Trinajstić information content (AvgIpc) is 2.41. The summed E-state index contributed by atoms with van der Waals surface area (Å²) in [5.41, 5.74) is 0.837. The van der Waals surface area contributed by atoms with E-state index in [1.807, 2.05) is 49.0 Å². The Morgan fingerprint density at radius 3 is 2.83 bits per heavy atom. The summed E-state index contributed by atoms with van der Waals surface area (Å²) < 4.78 is 0. The number of hydrogen-bond acceptors (Lipinski definition) is 3. The first-order chi connectivity index (χ1) is 8.68. The average molecular weight is 263 g/mol. The number of thioether (sulfide) groups is 1. The molecule has 1 aliphatic rings. The molecule has 0 radical (unpaired) electrons. The predicted molar refractivity (Wildman–Crippen MR) is 78.3 cm³/mol. The molecule has 2 nitrogen and oxygen atoms in total. The summed E-state index contributed by atoms with van der Waals surface area (Å²) in [5, 5.41) is 0. The number of carbonyl (C=O) groups is 1. The van der Waals surface area contributed by atoms with Gasteiger partial charge in [0.25, 0.3) is 0 Å². The number of benzene rings is 1. The van der Waals surface area contributed by atoms with Crippen LogP contribution in [0.4, 0.5) is 0 Å². The number of ketones is 1. The number of rotatable bonds is 4. The fourth-order valence-electron chi connectivity index (χ4n) is 2.35. The molecular weight excluding hydrogens is 242 g/mol. The topological polar surface area (TPSA) is 20.3 Å². The van der Waals surface area contributed by atoms with E-state index in [-0.39, 0.29) is 11.7 Å². The Kier molecular flexibility index (Phi) is 4.84. The SMILES string of the molecule is CC(CN1CCSCC1C)C(=O)c1ccccc1. The van der Waals surface area contributed by atoms with Gasteiger partial charge in [0.15, 0.2) is 5.78 Å². The van der Waals surface area contributed by atoms with Crippen LogP contribution >= 0.6 is 11.8 Å². The van der Waals surface area contributed by atoms with Crippen LogP contribution in [0.5, 0.6) is 0 Å². The molecule has 2 rings (SSSR count). The molecule has 0 aliphatic carbocycles. The molecule has 0 spiro atoms. The first-order valence-corrected chi connectivity index (χ1v) is 7.75. The first-order valence-electron chi connectivity index (χ1n) is 6.59. The van der Waals surface area contributed by atoms with Gasteiger partial charge in [-0.2, -0.15) is 11.8 Å². The zero-order valence-electron chi connectivity index (χ0n) is 11.1. The van der Waals surface area contributed by atoms with Crippen molar-refractivity contribution in [3.05, 3.63) is 35.9 Å². The molecule has 1 aliphatic heterocycles. The van der Waals surface area contributed by atoms with Gasteiger partial charge in [-0.05, 0) is 6.92 Å². The standard InChI is InChI=1S/C15H21NOS/c1-12(10-16-8-9-18-11-13(16)2)15(17)14-6-4-3-5-7-14/h3-7,12-13H,8-11H2,1-2H3. The van der Waals surface area contributed by atoms with Crippen LogP contribution in [0.2, 0.25) is 0 Å². The lowest BCUT2D eigenvalue weighted by atomic mass is 9.98. The van der Waals surface area contributed by atoms with E-state index in [9.17, 15) is 4.79 Å². The second kappa shape index (κ2) is 6.39. The predicted octanol–water partition coefficient (Wildman–Crippen LogP) is 2.94.